The molecule has 0 saturated carbocycles. The molecule has 1 unspecified atom stereocenters. The highest BCUT2D eigenvalue weighted by Gasteiger charge is 2.30. The average Bonchev–Trinajstić information content (AvgIpc) is 2.73. The first-order valence-corrected chi connectivity index (χ1v) is 10.5. The molecule has 0 bridgehead atoms. The number of hydrogen-bond acceptors (Lipinski definition) is 4. The van der Waals surface area contributed by atoms with Gasteiger partial charge in [-0.1, -0.05) is 29.3 Å². The van der Waals surface area contributed by atoms with Gasteiger partial charge in [0.2, 0.25) is 0 Å². The summed E-state index contributed by atoms with van der Waals surface area (Å²) in [6.45, 7) is 5.38. The van der Waals surface area contributed by atoms with Gasteiger partial charge in [-0.2, -0.15) is 0 Å². The Bertz CT molecular complexity index is 1050. The molecule has 3 aromatic carbocycles. The van der Waals surface area contributed by atoms with Gasteiger partial charge in [0, 0.05) is 27.0 Å². The zero-order valence-electron chi connectivity index (χ0n) is 17.4. The second-order valence-corrected chi connectivity index (χ2v) is 8.49. The molecule has 1 amide bonds. The minimum absolute atomic E-state index is 0.249. The molecule has 0 heterocycles. The molecule has 162 valence electrons. The molecular formula is C24H24Cl2N2O3. The summed E-state index contributed by atoms with van der Waals surface area (Å²) in [5.41, 5.74) is 1.72. The Morgan fingerprint density at radius 3 is 2.29 bits per heavy atom. The van der Waals surface area contributed by atoms with Crippen molar-refractivity contribution in [1.29, 1.82) is 0 Å². The van der Waals surface area contributed by atoms with Crippen molar-refractivity contribution >= 4 is 40.5 Å². The van der Waals surface area contributed by atoms with Gasteiger partial charge >= 0.3 is 0 Å². The Hall–Kier alpha value is -2.73. The number of carbonyl (C=O) groups excluding carboxylic acids is 1. The van der Waals surface area contributed by atoms with E-state index in [1.165, 1.54) is 0 Å². The number of benzene rings is 3. The van der Waals surface area contributed by atoms with E-state index >= 15 is 0 Å². The Morgan fingerprint density at radius 2 is 1.65 bits per heavy atom. The lowest BCUT2D eigenvalue weighted by Crippen LogP contribution is -2.46. The zero-order chi connectivity index (χ0) is 22.6. The fourth-order valence-electron chi connectivity index (χ4n) is 2.85. The molecule has 0 saturated heterocycles. The molecule has 7 heteroatoms. The van der Waals surface area contributed by atoms with E-state index in [0.29, 0.717) is 27.0 Å². The fraction of sp³-hybridized carbons (Fsp3) is 0.208. The van der Waals surface area contributed by atoms with Crippen molar-refractivity contribution in [3.8, 4) is 5.75 Å². The van der Waals surface area contributed by atoms with Crippen LogP contribution >= 0.6 is 23.2 Å². The molecule has 0 spiro atoms. The molecule has 3 aromatic rings. The summed E-state index contributed by atoms with van der Waals surface area (Å²) in [6.07, 6.45) is -0.984. The average molecular weight is 459 g/mol. The maximum Gasteiger partial charge on any atom is 0.255 e. The number of hydrogen-bond donors (Lipinski definition) is 3. The van der Waals surface area contributed by atoms with Crippen LogP contribution in [0.2, 0.25) is 10.0 Å². The number of carbonyl (C=O) groups is 1. The lowest BCUT2D eigenvalue weighted by molar-refractivity contribution is -0.0124. The smallest absolute Gasteiger partial charge is 0.255 e. The van der Waals surface area contributed by atoms with Crippen LogP contribution in [0, 0.1) is 6.92 Å². The van der Waals surface area contributed by atoms with Crippen molar-refractivity contribution in [2.24, 2.45) is 0 Å². The van der Waals surface area contributed by atoms with Crippen molar-refractivity contribution in [3.63, 3.8) is 0 Å². The van der Waals surface area contributed by atoms with E-state index < -0.39 is 11.8 Å². The minimum atomic E-state index is -0.984. The molecular weight excluding hydrogens is 435 g/mol. The molecule has 0 radical (unpaired) electrons. The van der Waals surface area contributed by atoms with Gasteiger partial charge in [-0.3, -0.25) is 4.79 Å². The van der Waals surface area contributed by atoms with Crippen LogP contribution in [0.4, 0.5) is 11.4 Å². The van der Waals surface area contributed by atoms with Crippen LogP contribution in [-0.4, -0.2) is 22.8 Å². The summed E-state index contributed by atoms with van der Waals surface area (Å²) in [6, 6.07) is 19.1. The van der Waals surface area contributed by atoms with E-state index in [1.807, 2.05) is 6.92 Å². The third-order valence-corrected chi connectivity index (χ3v) is 5.48. The molecule has 0 aliphatic rings. The standard InChI is InChI=1S/C24H24Cl2N2O3/c1-15-20(26)5-4-6-21(15)28-22(29)16-7-13-19(14-8-16)31-24(2,3)23(30)27-18-11-9-17(25)10-12-18/h4-14,23,27,30H,1-3H3,(H,28,29). The van der Waals surface area contributed by atoms with Crippen LogP contribution in [0.25, 0.3) is 0 Å². The summed E-state index contributed by atoms with van der Waals surface area (Å²) in [7, 11) is 0. The van der Waals surface area contributed by atoms with Gasteiger partial charge in [0.05, 0.1) is 0 Å². The van der Waals surface area contributed by atoms with Gasteiger partial charge in [-0.05, 0) is 87.0 Å². The fourth-order valence-corrected chi connectivity index (χ4v) is 3.15. The Kier molecular flexibility index (Phi) is 7.11. The van der Waals surface area contributed by atoms with Crippen LogP contribution in [0.5, 0.6) is 5.75 Å². The largest absolute Gasteiger partial charge is 0.483 e. The van der Waals surface area contributed by atoms with Crippen LogP contribution in [0.1, 0.15) is 29.8 Å². The molecule has 3 N–H and O–H groups in total. The topological polar surface area (TPSA) is 70.6 Å². The molecule has 5 nitrogen and oxygen atoms in total. The molecule has 1 atom stereocenters. The lowest BCUT2D eigenvalue weighted by atomic mass is 10.1. The quantitative estimate of drug-likeness (QED) is 0.371. The van der Waals surface area contributed by atoms with E-state index in [1.54, 1.807) is 80.6 Å². The summed E-state index contributed by atoms with van der Waals surface area (Å²) >= 11 is 12.0. The monoisotopic (exact) mass is 458 g/mol. The van der Waals surface area contributed by atoms with Crippen LogP contribution in [0.15, 0.2) is 66.7 Å². The van der Waals surface area contributed by atoms with Crippen LogP contribution in [-0.2, 0) is 0 Å². The van der Waals surface area contributed by atoms with Crippen molar-refractivity contribution < 1.29 is 14.6 Å². The van der Waals surface area contributed by atoms with Gasteiger partial charge in [-0.15, -0.1) is 0 Å². The third-order valence-electron chi connectivity index (χ3n) is 4.82. The first kappa shape index (κ1) is 22.9. The van der Waals surface area contributed by atoms with Crippen molar-refractivity contribution in [2.75, 3.05) is 10.6 Å². The van der Waals surface area contributed by atoms with Gasteiger partial charge < -0.3 is 20.5 Å². The van der Waals surface area contributed by atoms with Crippen LogP contribution in [0.3, 0.4) is 0 Å². The molecule has 31 heavy (non-hydrogen) atoms. The first-order chi connectivity index (χ1) is 14.7. The summed E-state index contributed by atoms with van der Waals surface area (Å²) in [5, 5.41) is 17.6. The van der Waals surface area contributed by atoms with Crippen LogP contribution < -0.4 is 15.4 Å². The summed E-state index contributed by atoms with van der Waals surface area (Å²) in [5.74, 6) is 0.276. The number of rotatable bonds is 7. The van der Waals surface area contributed by atoms with E-state index in [2.05, 4.69) is 10.6 Å². The van der Waals surface area contributed by atoms with E-state index in [9.17, 15) is 9.90 Å². The first-order valence-electron chi connectivity index (χ1n) is 9.71. The van der Waals surface area contributed by atoms with E-state index in [-0.39, 0.29) is 5.91 Å². The second kappa shape index (κ2) is 9.60. The number of ether oxygens (including phenoxy) is 1. The molecule has 0 fully saturated rings. The highest BCUT2D eigenvalue weighted by molar-refractivity contribution is 6.32. The predicted octanol–water partition coefficient (Wildman–Crippen LogP) is 6.14. The number of anilines is 2. The van der Waals surface area contributed by atoms with Crippen molar-refractivity contribution in [1.82, 2.24) is 0 Å². The Balaban J connectivity index is 1.64. The van der Waals surface area contributed by atoms with Gasteiger partial charge in [0.1, 0.15) is 11.4 Å². The molecule has 0 aromatic heterocycles. The van der Waals surface area contributed by atoms with E-state index in [4.69, 9.17) is 27.9 Å². The van der Waals surface area contributed by atoms with Gasteiger partial charge in [0.15, 0.2) is 6.23 Å². The van der Waals surface area contributed by atoms with Gasteiger partial charge in [-0.25, -0.2) is 0 Å². The minimum Gasteiger partial charge on any atom is -0.483 e. The number of amides is 1. The van der Waals surface area contributed by atoms with E-state index in [0.717, 1.165) is 11.3 Å². The zero-order valence-corrected chi connectivity index (χ0v) is 19.0. The number of halogens is 2. The Labute approximate surface area is 192 Å². The molecule has 0 aliphatic carbocycles. The number of aliphatic hydroxyl groups is 1. The normalized spacial score (nSPS) is 12.2. The maximum absolute atomic E-state index is 12.6. The Morgan fingerprint density at radius 1 is 1.00 bits per heavy atom. The number of nitrogens with one attached hydrogen (secondary N) is 2. The predicted molar refractivity (Wildman–Crippen MR) is 126 cm³/mol. The SMILES string of the molecule is Cc1c(Cl)cccc1NC(=O)c1ccc(OC(C)(C)C(O)Nc2ccc(Cl)cc2)cc1. The highest BCUT2D eigenvalue weighted by Crippen LogP contribution is 2.26. The summed E-state index contributed by atoms with van der Waals surface area (Å²) in [4.78, 5) is 12.6. The maximum atomic E-state index is 12.6. The lowest BCUT2D eigenvalue weighted by Gasteiger charge is -2.32. The van der Waals surface area contributed by atoms with Gasteiger partial charge in [0.25, 0.3) is 5.91 Å². The second-order valence-electron chi connectivity index (χ2n) is 7.65. The number of aliphatic hydroxyl groups excluding tert-OH is 1. The highest BCUT2D eigenvalue weighted by atomic mass is 35.5. The molecule has 0 aliphatic heterocycles. The van der Waals surface area contributed by atoms with Crippen molar-refractivity contribution in [2.45, 2.75) is 32.6 Å². The molecule has 3 rings (SSSR count). The third kappa shape index (κ3) is 5.91. The summed E-state index contributed by atoms with van der Waals surface area (Å²) < 4.78 is 5.96. The van der Waals surface area contributed by atoms with Crippen molar-refractivity contribution in [3.05, 3.63) is 87.9 Å².